The van der Waals surface area contributed by atoms with Crippen molar-refractivity contribution in [2.24, 2.45) is 23.7 Å². The largest absolute Gasteiger partial charge is 0.348 e. The van der Waals surface area contributed by atoms with Gasteiger partial charge in [-0.25, -0.2) is 9.97 Å². The second-order valence-electron chi connectivity index (χ2n) is 9.67. The Labute approximate surface area is 192 Å². The Morgan fingerprint density at radius 1 is 1.00 bits per heavy atom. The Kier molecular flexibility index (Phi) is 4.75. The van der Waals surface area contributed by atoms with Gasteiger partial charge < -0.3 is 10.6 Å². The molecule has 3 saturated carbocycles. The molecule has 2 aromatic carbocycles. The van der Waals surface area contributed by atoms with Crippen molar-refractivity contribution in [3.63, 3.8) is 0 Å². The summed E-state index contributed by atoms with van der Waals surface area (Å²) in [6.07, 6.45) is 7.78. The molecular weight excluding hydrogens is 412 g/mol. The minimum absolute atomic E-state index is 0.128. The first-order chi connectivity index (χ1) is 16.1. The van der Waals surface area contributed by atoms with Gasteiger partial charge in [0.1, 0.15) is 5.69 Å². The molecule has 3 aliphatic rings. The number of anilines is 1. The number of hydrogen-bond donors (Lipinski definition) is 2. The molecule has 1 aromatic heterocycles. The molecule has 3 aromatic rings. The molecule has 3 fully saturated rings. The zero-order valence-corrected chi connectivity index (χ0v) is 18.3. The lowest BCUT2D eigenvalue weighted by Gasteiger charge is -2.63. The van der Waals surface area contributed by atoms with Crippen LogP contribution in [0.1, 0.15) is 36.2 Å². The molecule has 0 aliphatic heterocycles. The van der Waals surface area contributed by atoms with Crippen molar-refractivity contribution in [1.29, 1.82) is 0 Å². The SMILES string of the molecule is C=CC(=O)Nc1cccc2ccc(-c3nccc(C(=O)NC4CC5CC6CC(C4)C56)n3)cc12. The Balaban J connectivity index is 1.24. The zero-order valence-electron chi connectivity index (χ0n) is 18.3. The van der Waals surface area contributed by atoms with E-state index >= 15 is 0 Å². The second kappa shape index (κ2) is 7.80. The van der Waals surface area contributed by atoms with Crippen LogP contribution in [0.5, 0.6) is 0 Å². The monoisotopic (exact) mass is 438 g/mol. The summed E-state index contributed by atoms with van der Waals surface area (Å²) in [6, 6.07) is 13.5. The van der Waals surface area contributed by atoms with Gasteiger partial charge in [-0.05, 0) is 79.0 Å². The van der Waals surface area contributed by atoms with E-state index in [2.05, 4.69) is 27.2 Å². The number of nitrogens with one attached hydrogen (secondary N) is 2. The topological polar surface area (TPSA) is 84.0 Å². The van der Waals surface area contributed by atoms with Crippen molar-refractivity contribution in [1.82, 2.24) is 15.3 Å². The third kappa shape index (κ3) is 3.50. The first kappa shape index (κ1) is 20.1. The molecule has 0 radical (unpaired) electrons. The van der Waals surface area contributed by atoms with E-state index in [1.807, 2.05) is 36.4 Å². The average molecular weight is 439 g/mol. The summed E-state index contributed by atoms with van der Waals surface area (Å²) in [4.78, 5) is 33.8. The van der Waals surface area contributed by atoms with Gasteiger partial charge >= 0.3 is 0 Å². The van der Waals surface area contributed by atoms with Crippen LogP contribution in [0.15, 0.2) is 61.3 Å². The molecule has 1 heterocycles. The number of aromatic nitrogens is 2. The summed E-state index contributed by atoms with van der Waals surface area (Å²) < 4.78 is 0. The summed E-state index contributed by atoms with van der Waals surface area (Å²) in [7, 11) is 0. The van der Waals surface area contributed by atoms with Crippen LogP contribution in [0.2, 0.25) is 0 Å². The Morgan fingerprint density at radius 2 is 1.79 bits per heavy atom. The van der Waals surface area contributed by atoms with Gasteiger partial charge in [0, 0.05) is 28.9 Å². The highest BCUT2D eigenvalue weighted by atomic mass is 16.2. The molecule has 6 nitrogen and oxygen atoms in total. The van der Waals surface area contributed by atoms with Crippen LogP contribution in [0.3, 0.4) is 0 Å². The predicted octanol–water partition coefficient (Wildman–Crippen LogP) is 4.59. The van der Waals surface area contributed by atoms with E-state index in [-0.39, 0.29) is 17.9 Å². The number of hydrogen-bond acceptors (Lipinski definition) is 4. The quantitative estimate of drug-likeness (QED) is 0.571. The number of carbonyl (C=O) groups excluding carboxylic acids is 2. The lowest BCUT2D eigenvalue weighted by molar-refractivity contribution is -0.127. The summed E-state index contributed by atoms with van der Waals surface area (Å²) >= 11 is 0. The molecular formula is C27H26N4O2. The molecule has 3 aliphatic carbocycles. The maximum atomic E-state index is 13.0. The first-order valence-electron chi connectivity index (χ1n) is 11.7. The molecule has 33 heavy (non-hydrogen) atoms. The number of rotatable bonds is 5. The fraction of sp³-hybridized carbons (Fsp3) is 0.333. The van der Waals surface area contributed by atoms with E-state index in [9.17, 15) is 9.59 Å². The van der Waals surface area contributed by atoms with Crippen LogP contribution >= 0.6 is 0 Å². The van der Waals surface area contributed by atoms with Crippen LogP contribution in [0.4, 0.5) is 5.69 Å². The van der Waals surface area contributed by atoms with E-state index in [0.717, 1.165) is 52.8 Å². The lowest BCUT2D eigenvalue weighted by Crippen LogP contribution is -2.59. The van der Waals surface area contributed by atoms with E-state index in [4.69, 9.17) is 0 Å². The molecule has 2 atom stereocenters. The van der Waals surface area contributed by atoms with Gasteiger partial charge in [0.05, 0.1) is 0 Å². The summed E-state index contributed by atoms with van der Waals surface area (Å²) in [5.74, 6) is 3.63. The standard InChI is InChI=1S/C27H26N4O2/c1-2-24(32)30-22-5-3-4-15-6-7-16(14-21(15)22)26-28-9-8-23(31-26)27(33)29-20-12-18-10-17-11-19(13-20)25(17)18/h2-9,14,17-20,25H,1,10-13H2,(H,29,33)(H,30,32). The van der Waals surface area contributed by atoms with Crippen molar-refractivity contribution in [2.45, 2.75) is 31.7 Å². The molecule has 0 spiro atoms. The summed E-state index contributed by atoms with van der Waals surface area (Å²) in [5, 5.41) is 7.94. The Morgan fingerprint density at radius 3 is 2.55 bits per heavy atom. The highest BCUT2D eigenvalue weighted by molar-refractivity contribution is 6.06. The lowest BCUT2D eigenvalue weighted by atomic mass is 9.43. The van der Waals surface area contributed by atoms with Crippen molar-refractivity contribution >= 4 is 28.3 Å². The van der Waals surface area contributed by atoms with E-state index in [1.165, 1.54) is 18.9 Å². The van der Waals surface area contributed by atoms with Crippen LogP contribution in [0.25, 0.3) is 22.2 Å². The molecule has 2 unspecified atom stereocenters. The van der Waals surface area contributed by atoms with Gasteiger partial charge in [-0.1, -0.05) is 30.8 Å². The van der Waals surface area contributed by atoms with Crippen molar-refractivity contribution in [2.75, 3.05) is 5.32 Å². The molecule has 2 amide bonds. The van der Waals surface area contributed by atoms with E-state index in [1.54, 1.807) is 12.3 Å². The number of carbonyl (C=O) groups is 2. The van der Waals surface area contributed by atoms with E-state index in [0.29, 0.717) is 17.2 Å². The third-order valence-corrected chi connectivity index (χ3v) is 7.83. The fourth-order valence-corrected chi connectivity index (χ4v) is 6.31. The normalized spacial score (nSPS) is 27.0. The highest BCUT2D eigenvalue weighted by Gasteiger charge is 2.56. The predicted molar refractivity (Wildman–Crippen MR) is 127 cm³/mol. The molecule has 0 bridgehead atoms. The maximum absolute atomic E-state index is 13.0. The van der Waals surface area contributed by atoms with Crippen molar-refractivity contribution in [3.05, 3.63) is 67.0 Å². The molecule has 6 rings (SSSR count). The van der Waals surface area contributed by atoms with Gasteiger partial charge in [-0.2, -0.15) is 0 Å². The minimum atomic E-state index is -0.267. The highest BCUT2D eigenvalue weighted by Crippen LogP contribution is 2.63. The van der Waals surface area contributed by atoms with Gasteiger partial charge in [0.2, 0.25) is 5.91 Å². The Hall–Kier alpha value is -3.54. The van der Waals surface area contributed by atoms with Crippen molar-refractivity contribution < 1.29 is 9.59 Å². The number of nitrogens with zero attached hydrogens (tertiary/aromatic N) is 2. The van der Waals surface area contributed by atoms with Gasteiger partial charge in [0.25, 0.3) is 5.91 Å². The summed E-state index contributed by atoms with van der Waals surface area (Å²) in [5.41, 5.74) is 1.86. The zero-order chi connectivity index (χ0) is 22.5. The second-order valence-corrected chi connectivity index (χ2v) is 9.67. The van der Waals surface area contributed by atoms with E-state index < -0.39 is 0 Å². The van der Waals surface area contributed by atoms with Gasteiger partial charge in [-0.3, -0.25) is 9.59 Å². The smallest absolute Gasteiger partial charge is 0.270 e. The molecule has 2 N–H and O–H groups in total. The number of amides is 2. The molecule has 0 saturated heterocycles. The van der Waals surface area contributed by atoms with Crippen LogP contribution in [0, 0.1) is 23.7 Å². The van der Waals surface area contributed by atoms with Gasteiger partial charge in [0.15, 0.2) is 5.82 Å². The number of fused-ring (bicyclic) bond motifs is 1. The van der Waals surface area contributed by atoms with Crippen LogP contribution in [-0.4, -0.2) is 27.8 Å². The van der Waals surface area contributed by atoms with Gasteiger partial charge in [-0.15, -0.1) is 0 Å². The average Bonchev–Trinajstić information content (AvgIpc) is 2.80. The summed E-state index contributed by atoms with van der Waals surface area (Å²) in [6.45, 7) is 3.52. The van der Waals surface area contributed by atoms with Crippen LogP contribution < -0.4 is 10.6 Å². The maximum Gasteiger partial charge on any atom is 0.270 e. The van der Waals surface area contributed by atoms with Crippen LogP contribution in [-0.2, 0) is 4.79 Å². The first-order valence-corrected chi connectivity index (χ1v) is 11.7. The number of benzene rings is 2. The third-order valence-electron chi connectivity index (χ3n) is 7.83. The Bertz CT molecular complexity index is 1270. The minimum Gasteiger partial charge on any atom is -0.348 e. The molecule has 6 heteroatoms. The van der Waals surface area contributed by atoms with Crippen molar-refractivity contribution in [3.8, 4) is 11.4 Å². The fourth-order valence-electron chi connectivity index (χ4n) is 6.31. The molecule has 166 valence electrons.